The first-order valence-electron chi connectivity index (χ1n) is 8.95. The lowest BCUT2D eigenvalue weighted by molar-refractivity contribution is -0.120. The molecule has 2 amide bonds. The van der Waals surface area contributed by atoms with Gasteiger partial charge in [0.1, 0.15) is 11.6 Å². The summed E-state index contributed by atoms with van der Waals surface area (Å²) in [6.45, 7) is 1.27. The Balaban J connectivity index is 1.43. The second-order valence-electron chi connectivity index (χ2n) is 6.41. The fourth-order valence-corrected chi connectivity index (χ4v) is 3.30. The molecule has 144 valence electrons. The van der Waals surface area contributed by atoms with Gasteiger partial charge < -0.3 is 15.2 Å². The van der Waals surface area contributed by atoms with Gasteiger partial charge in [0.15, 0.2) is 0 Å². The summed E-state index contributed by atoms with van der Waals surface area (Å²) in [6, 6.07) is 4.56. The van der Waals surface area contributed by atoms with Crippen molar-refractivity contribution in [2.75, 3.05) is 13.1 Å². The zero-order valence-corrected chi connectivity index (χ0v) is 16.3. The summed E-state index contributed by atoms with van der Waals surface area (Å²) >= 11 is 11.7. The number of fused-ring (bicyclic) bond motifs is 1. The molecule has 2 N–H and O–H groups in total. The van der Waals surface area contributed by atoms with Crippen LogP contribution in [0.3, 0.4) is 0 Å². The van der Waals surface area contributed by atoms with E-state index in [0.29, 0.717) is 28.6 Å². The quantitative estimate of drug-likeness (QED) is 0.766. The van der Waals surface area contributed by atoms with Gasteiger partial charge in [-0.15, -0.1) is 10.2 Å². The fourth-order valence-electron chi connectivity index (χ4n) is 3.01. The van der Waals surface area contributed by atoms with Crippen LogP contribution in [0.2, 0.25) is 10.0 Å². The van der Waals surface area contributed by atoms with Crippen molar-refractivity contribution in [3.05, 3.63) is 45.5 Å². The molecule has 0 bridgehead atoms. The SMILES string of the molecule is O=C(CNC(=O)c1ccc(Cl)c(Cl)c1)NCCc1nnc2n1CCCCC2. The van der Waals surface area contributed by atoms with E-state index < -0.39 is 0 Å². The molecule has 0 saturated carbocycles. The van der Waals surface area contributed by atoms with Crippen molar-refractivity contribution >= 4 is 35.0 Å². The average Bonchev–Trinajstić information content (AvgIpc) is 2.88. The number of hydrogen-bond donors (Lipinski definition) is 2. The molecule has 2 aromatic rings. The fraction of sp³-hybridized carbons (Fsp3) is 0.444. The normalized spacial score (nSPS) is 13.6. The molecule has 0 unspecified atom stereocenters. The van der Waals surface area contributed by atoms with E-state index >= 15 is 0 Å². The number of benzene rings is 1. The summed E-state index contributed by atoms with van der Waals surface area (Å²) < 4.78 is 2.16. The molecule has 27 heavy (non-hydrogen) atoms. The Kier molecular flexibility index (Phi) is 6.68. The van der Waals surface area contributed by atoms with Gasteiger partial charge in [0.05, 0.1) is 16.6 Å². The van der Waals surface area contributed by atoms with Crippen molar-refractivity contribution in [1.82, 2.24) is 25.4 Å². The number of nitrogens with zero attached hydrogens (tertiary/aromatic N) is 3. The van der Waals surface area contributed by atoms with Crippen LogP contribution in [0.5, 0.6) is 0 Å². The molecule has 1 aromatic carbocycles. The Morgan fingerprint density at radius 3 is 2.74 bits per heavy atom. The summed E-state index contributed by atoms with van der Waals surface area (Å²) in [6.07, 6.45) is 5.05. The van der Waals surface area contributed by atoms with Crippen LogP contribution in [0, 0.1) is 0 Å². The first kappa shape index (κ1) is 19.6. The predicted octanol–water partition coefficient (Wildman–Crippen LogP) is 2.40. The minimum Gasteiger partial charge on any atom is -0.354 e. The predicted molar refractivity (Wildman–Crippen MR) is 103 cm³/mol. The number of aryl methyl sites for hydroxylation is 1. The summed E-state index contributed by atoms with van der Waals surface area (Å²) in [5, 5.41) is 14.5. The molecule has 1 aliphatic heterocycles. The van der Waals surface area contributed by atoms with Crippen LogP contribution in [-0.4, -0.2) is 39.7 Å². The highest BCUT2D eigenvalue weighted by atomic mass is 35.5. The van der Waals surface area contributed by atoms with Gasteiger partial charge in [0, 0.05) is 31.5 Å². The summed E-state index contributed by atoms with van der Waals surface area (Å²) in [5.41, 5.74) is 0.350. The third-order valence-electron chi connectivity index (χ3n) is 4.45. The second-order valence-corrected chi connectivity index (χ2v) is 7.22. The number of nitrogens with one attached hydrogen (secondary N) is 2. The second kappa shape index (κ2) is 9.19. The maximum atomic E-state index is 12.1. The Bertz CT molecular complexity index is 837. The molecule has 0 saturated heterocycles. The molecule has 0 radical (unpaired) electrons. The third-order valence-corrected chi connectivity index (χ3v) is 5.19. The number of aromatic nitrogens is 3. The van der Waals surface area contributed by atoms with E-state index in [-0.39, 0.29) is 18.4 Å². The number of carbonyl (C=O) groups is 2. The van der Waals surface area contributed by atoms with E-state index in [1.165, 1.54) is 12.5 Å². The van der Waals surface area contributed by atoms with Gasteiger partial charge in [-0.2, -0.15) is 0 Å². The number of halogens is 2. The molecule has 9 heteroatoms. The number of carbonyl (C=O) groups excluding carboxylic acids is 2. The molecule has 0 atom stereocenters. The Morgan fingerprint density at radius 2 is 1.93 bits per heavy atom. The summed E-state index contributed by atoms with van der Waals surface area (Å²) in [5.74, 6) is 1.28. The van der Waals surface area contributed by atoms with Crippen molar-refractivity contribution in [2.24, 2.45) is 0 Å². The van der Waals surface area contributed by atoms with Crippen molar-refractivity contribution in [3.63, 3.8) is 0 Å². The van der Waals surface area contributed by atoms with E-state index in [1.807, 2.05) is 0 Å². The van der Waals surface area contributed by atoms with Crippen molar-refractivity contribution in [1.29, 1.82) is 0 Å². The van der Waals surface area contributed by atoms with Gasteiger partial charge in [-0.1, -0.05) is 29.6 Å². The highest BCUT2D eigenvalue weighted by Crippen LogP contribution is 2.22. The standard InChI is InChI=1S/C18H21Cl2N5O2/c19-13-6-5-12(10-14(13)20)18(27)22-11-17(26)21-8-7-16-24-23-15-4-2-1-3-9-25(15)16/h5-6,10H,1-4,7-9,11H2,(H,21,26)(H,22,27). The molecule has 1 aliphatic rings. The molecule has 0 spiro atoms. The zero-order valence-electron chi connectivity index (χ0n) is 14.8. The molecule has 3 rings (SSSR count). The average molecular weight is 410 g/mol. The van der Waals surface area contributed by atoms with Gasteiger partial charge in [-0.25, -0.2) is 0 Å². The van der Waals surface area contributed by atoms with Gasteiger partial charge in [0.2, 0.25) is 5.91 Å². The minimum absolute atomic E-state index is 0.114. The van der Waals surface area contributed by atoms with Crippen LogP contribution in [0.1, 0.15) is 41.3 Å². The maximum Gasteiger partial charge on any atom is 0.251 e. The molecule has 0 aliphatic carbocycles. The highest BCUT2D eigenvalue weighted by Gasteiger charge is 2.15. The molecule has 2 heterocycles. The van der Waals surface area contributed by atoms with Gasteiger partial charge in [-0.05, 0) is 31.0 Å². The molecular formula is C18H21Cl2N5O2. The van der Waals surface area contributed by atoms with Crippen LogP contribution in [-0.2, 0) is 24.2 Å². The maximum absolute atomic E-state index is 12.1. The lowest BCUT2D eigenvalue weighted by Crippen LogP contribution is -2.37. The van der Waals surface area contributed by atoms with Crippen LogP contribution in [0.15, 0.2) is 18.2 Å². The first-order valence-corrected chi connectivity index (χ1v) is 9.71. The third kappa shape index (κ3) is 5.20. The van der Waals surface area contributed by atoms with E-state index in [9.17, 15) is 9.59 Å². The monoisotopic (exact) mass is 409 g/mol. The van der Waals surface area contributed by atoms with Crippen LogP contribution < -0.4 is 10.6 Å². The van der Waals surface area contributed by atoms with Gasteiger partial charge >= 0.3 is 0 Å². The van der Waals surface area contributed by atoms with E-state index in [4.69, 9.17) is 23.2 Å². The molecule has 7 nitrogen and oxygen atoms in total. The van der Waals surface area contributed by atoms with E-state index in [2.05, 4.69) is 25.4 Å². The van der Waals surface area contributed by atoms with Crippen molar-refractivity contribution < 1.29 is 9.59 Å². The Labute approximate surface area is 167 Å². The summed E-state index contributed by atoms with van der Waals surface area (Å²) in [4.78, 5) is 24.0. The molecular weight excluding hydrogens is 389 g/mol. The summed E-state index contributed by atoms with van der Waals surface area (Å²) in [7, 11) is 0. The lowest BCUT2D eigenvalue weighted by atomic mass is 10.2. The Hall–Kier alpha value is -2.12. The molecule has 0 fully saturated rings. The van der Waals surface area contributed by atoms with Gasteiger partial charge in [-0.3, -0.25) is 9.59 Å². The number of amides is 2. The van der Waals surface area contributed by atoms with Crippen LogP contribution in [0.25, 0.3) is 0 Å². The minimum atomic E-state index is -0.383. The highest BCUT2D eigenvalue weighted by molar-refractivity contribution is 6.42. The Morgan fingerprint density at radius 1 is 1.07 bits per heavy atom. The largest absolute Gasteiger partial charge is 0.354 e. The lowest BCUT2D eigenvalue weighted by Gasteiger charge is -2.09. The van der Waals surface area contributed by atoms with Gasteiger partial charge in [0.25, 0.3) is 5.91 Å². The van der Waals surface area contributed by atoms with E-state index in [1.54, 1.807) is 12.1 Å². The first-order chi connectivity index (χ1) is 13.0. The van der Waals surface area contributed by atoms with E-state index in [0.717, 1.165) is 37.5 Å². The number of rotatable bonds is 6. The van der Waals surface area contributed by atoms with Crippen LogP contribution in [0.4, 0.5) is 0 Å². The zero-order chi connectivity index (χ0) is 19.2. The van der Waals surface area contributed by atoms with Crippen molar-refractivity contribution in [3.8, 4) is 0 Å². The smallest absolute Gasteiger partial charge is 0.251 e. The topological polar surface area (TPSA) is 88.9 Å². The van der Waals surface area contributed by atoms with Crippen molar-refractivity contribution in [2.45, 2.75) is 38.6 Å². The molecule has 1 aromatic heterocycles. The number of hydrogen-bond acceptors (Lipinski definition) is 4. The van der Waals surface area contributed by atoms with Crippen LogP contribution >= 0.6 is 23.2 Å².